The minimum Gasteiger partial charge on any atom is -0.350 e. The highest BCUT2D eigenvalue weighted by atomic mass is 16.1. The third kappa shape index (κ3) is 4.00. The van der Waals surface area contributed by atoms with Crippen molar-refractivity contribution in [2.24, 2.45) is 5.92 Å². The van der Waals surface area contributed by atoms with Gasteiger partial charge >= 0.3 is 0 Å². The first-order chi connectivity index (χ1) is 14.1. The molecular weight excluding hydrogens is 356 g/mol. The normalized spacial score (nSPS) is 16.9. The molecule has 1 aromatic heterocycles. The van der Waals surface area contributed by atoms with Crippen LogP contribution in [0.2, 0.25) is 0 Å². The summed E-state index contributed by atoms with van der Waals surface area (Å²) < 4.78 is 2.40. The zero-order chi connectivity index (χ0) is 20.4. The lowest BCUT2D eigenvalue weighted by Crippen LogP contribution is -2.31. The number of nitrogens with zero attached hydrogens (tertiary/aromatic N) is 1. The molecule has 0 spiro atoms. The second kappa shape index (κ2) is 8.28. The minimum absolute atomic E-state index is 0.00228. The van der Waals surface area contributed by atoms with Crippen molar-refractivity contribution in [1.82, 2.24) is 9.88 Å². The monoisotopic (exact) mass is 386 g/mol. The third-order valence-electron chi connectivity index (χ3n) is 6.08. The quantitative estimate of drug-likeness (QED) is 0.591. The molecule has 3 nitrogen and oxygen atoms in total. The Morgan fingerprint density at radius 1 is 1.14 bits per heavy atom. The van der Waals surface area contributed by atoms with Gasteiger partial charge in [-0.25, -0.2) is 0 Å². The molecule has 29 heavy (non-hydrogen) atoms. The molecule has 0 saturated carbocycles. The molecule has 2 aromatic carbocycles. The van der Waals surface area contributed by atoms with E-state index in [0.29, 0.717) is 5.56 Å². The maximum atomic E-state index is 12.5. The Balaban J connectivity index is 1.73. The first-order valence-corrected chi connectivity index (χ1v) is 10.8. The average Bonchev–Trinajstić information content (AvgIpc) is 3.12. The van der Waals surface area contributed by atoms with Crippen molar-refractivity contribution >= 4 is 5.91 Å². The summed E-state index contributed by atoms with van der Waals surface area (Å²) in [5, 5.41) is 3.05. The maximum Gasteiger partial charge on any atom is 0.251 e. The highest BCUT2D eigenvalue weighted by Gasteiger charge is 2.23. The summed E-state index contributed by atoms with van der Waals surface area (Å²) in [6.45, 7) is 6.45. The van der Waals surface area contributed by atoms with E-state index >= 15 is 0 Å². The van der Waals surface area contributed by atoms with E-state index in [2.05, 4.69) is 72.3 Å². The molecule has 3 aromatic rings. The van der Waals surface area contributed by atoms with Gasteiger partial charge < -0.3 is 9.88 Å². The number of fused-ring (bicyclic) bond motifs is 1. The van der Waals surface area contributed by atoms with E-state index < -0.39 is 0 Å². The summed E-state index contributed by atoms with van der Waals surface area (Å²) in [7, 11) is 0. The molecular formula is C26H30N2O. The number of amides is 1. The molecule has 150 valence electrons. The van der Waals surface area contributed by atoms with Crippen LogP contribution in [0.1, 0.15) is 55.2 Å². The van der Waals surface area contributed by atoms with Crippen LogP contribution in [0, 0.1) is 5.92 Å². The molecule has 1 amide bonds. The fourth-order valence-corrected chi connectivity index (χ4v) is 4.20. The highest BCUT2D eigenvalue weighted by molar-refractivity contribution is 5.94. The number of nitrogens with one attached hydrogen (secondary N) is 1. The number of carbonyl (C=O) groups is 1. The number of rotatable bonds is 5. The molecule has 1 aliphatic rings. The highest BCUT2D eigenvalue weighted by Crippen LogP contribution is 2.35. The molecule has 1 heterocycles. The van der Waals surface area contributed by atoms with Crippen LogP contribution in [0.25, 0.3) is 16.9 Å². The Hall–Kier alpha value is -2.81. The number of hydrogen-bond acceptors (Lipinski definition) is 1. The van der Waals surface area contributed by atoms with Crippen LogP contribution in [0.4, 0.5) is 0 Å². The summed E-state index contributed by atoms with van der Waals surface area (Å²) in [6.07, 6.45) is 4.38. The summed E-state index contributed by atoms with van der Waals surface area (Å²) in [6, 6.07) is 21.2. The lowest BCUT2D eigenvalue weighted by atomic mass is 9.89. The summed E-state index contributed by atoms with van der Waals surface area (Å²) >= 11 is 0. The van der Waals surface area contributed by atoms with Crippen molar-refractivity contribution in [3.8, 4) is 16.9 Å². The van der Waals surface area contributed by atoms with Gasteiger partial charge in [-0.2, -0.15) is 0 Å². The lowest BCUT2D eigenvalue weighted by Gasteiger charge is -2.21. The van der Waals surface area contributed by atoms with Crippen LogP contribution in [-0.4, -0.2) is 16.5 Å². The van der Waals surface area contributed by atoms with E-state index in [0.717, 1.165) is 30.9 Å². The largest absolute Gasteiger partial charge is 0.350 e. The second-order valence-electron chi connectivity index (χ2n) is 8.38. The SMILES string of the molecule is CC[C@@H](C)NC(=O)c1ccc(-n2c(-c3ccccc3)cc3c2CC[C@@H](C)C3)cc1. The maximum absolute atomic E-state index is 12.5. The van der Waals surface area contributed by atoms with Crippen molar-refractivity contribution < 1.29 is 4.79 Å². The average molecular weight is 387 g/mol. The van der Waals surface area contributed by atoms with Gasteiger partial charge in [-0.3, -0.25) is 4.79 Å². The van der Waals surface area contributed by atoms with E-state index in [1.54, 1.807) is 0 Å². The Morgan fingerprint density at radius 2 is 1.86 bits per heavy atom. The minimum atomic E-state index is -0.00228. The number of benzene rings is 2. The van der Waals surface area contributed by atoms with E-state index in [9.17, 15) is 4.79 Å². The molecule has 0 bridgehead atoms. The Kier molecular flexibility index (Phi) is 5.57. The molecule has 0 aliphatic heterocycles. The number of carbonyl (C=O) groups excluding carboxylic acids is 1. The lowest BCUT2D eigenvalue weighted by molar-refractivity contribution is 0.0939. The van der Waals surface area contributed by atoms with Gasteiger partial charge in [0.15, 0.2) is 0 Å². The standard InChI is InChI=1S/C26H30N2O/c1-4-19(3)27-26(29)21-11-13-23(14-12-21)28-24-15-10-18(2)16-22(24)17-25(28)20-8-6-5-7-9-20/h5-9,11-14,17-19H,4,10,15-16H2,1-3H3,(H,27,29)/t18-,19-/m1/s1. The van der Waals surface area contributed by atoms with Gasteiger partial charge in [-0.1, -0.05) is 44.2 Å². The van der Waals surface area contributed by atoms with Crippen molar-refractivity contribution in [3.05, 3.63) is 77.5 Å². The van der Waals surface area contributed by atoms with Crippen LogP contribution in [0.5, 0.6) is 0 Å². The van der Waals surface area contributed by atoms with Crippen LogP contribution in [-0.2, 0) is 12.8 Å². The Labute approximate surface area is 173 Å². The van der Waals surface area contributed by atoms with Crippen molar-refractivity contribution in [1.29, 1.82) is 0 Å². The van der Waals surface area contributed by atoms with Crippen molar-refractivity contribution in [3.63, 3.8) is 0 Å². The van der Waals surface area contributed by atoms with Gasteiger partial charge in [0, 0.05) is 23.0 Å². The van der Waals surface area contributed by atoms with Gasteiger partial charge in [-0.15, -0.1) is 0 Å². The van der Waals surface area contributed by atoms with Gasteiger partial charge in [0.25, 0.3) is 5.91 Å². The predicted molar refractivity (Wildman–Crippen MR) is 120 cm³/mol. The van der Waals surface area contributed by atoms with Crippen LogP contribution in [0.15, 0.2) is 60.7 Å². The van der Waals surface area contributed by atoms with Crippen LogP contribution < -0.4 is 5.32 Å². The molecule has 0 unspecified atom stereocenters. The fourth-order valence-electron chi connectivity index (χ4n) is 4.20. The first kappa shape index (κ1) is 19.5. The zero-order valence-electron chi connectivity index (χ0n) is 17.6. The molecule has 3 heteroatoms. The van der Waals surface area contributed by atoms with E-state index in [4.69, 9.17) is 0 Å². The molecule has 0 saturated heterocycles. The Bertz CT molecular complexity index is 986. The van der Waals surface area contributed by atoms with Crippen LogP contribution >= 0.6 is 0 Å². The van der Waals surface area contributed by atoms with E-state index in [1.165, 1.54) is 28.9 Å². The Morgan fingerprint density at radius 3 is 2.55 bits per heavy atom. The fraction of sp³-hybridized carbons (Fsp3) is 0.346. The van der Waals surface area contributed by atoms with Crippen molar-refractivity contribution in [2.75, 3.05) is 0 Å². The van der Waals surface area contributed by atoms with Crippen LogP contribution in [0.3, 0.4) is 0 Å². The predicted octanol–water partition coefficient (Wildman–Crippen LogP) is 5.80. The summed E-state index contributed by atoms with van der Waals surface area (Å²) in [5.74, 6) is 0.728. The zero-order valence-corrected chi connectivity index (χ0v) is 17.6. The van der Waals surface area contributed by atoms with Crippen molar-refractivity contribution in [2.45, 2.75) is 52.5 Å². The topological polar surface area (TPSA) is 34.0 Å². The van der Waals surface area contributed by atoms with E-state index in [-0.39, 0.29) is 11.9 Å². The third-order valence-corrected chi connectivity index (χ3v) is 6.08. The summed E-state index contributed by atoms with van der Waals surface area (Å²) in [4.78, 5) is 12.5. The molecule has 0 radical (unpaired) electrons. The summed E-state index contributed by atoms with van der Waals surface area (Å²) in [5.41, 5.74) is 7.18. The van der Waals surface area contributed by atoms with Gasteiger partial charge in [0.05, 0.1) is 5.69 Å². The van der Waals surface area contributed by atoms with E-state index in [1.807, 2.05) is 19.1 Å². The van der Waals surface area contributed by atoms with Gasteiger partial charge in [0.2, 0.25) is 0 Å². The molecule has 2 atom stereocenters. The smallest absolute Gasteiger partial charge is 0.251 e. The van der Waals surface area contributed by atoms with Gasteiger partial charge in [-0.05, 0) is 80.0 Å². The molecule has 4 rings (SSSR count). The second-order valence-corrected chi connectivity index (χ2v) is 8.38. The molecule has 1 aliphatic carbocycles. The molecule has 1 N–H and O–H groups in total. The van der Waals surface area contributed by atoms with Gasteiger partial charge in [0.1, 0.15) is 0 Å². The number of hydrogen-bond donors (Lipinski definition) is 1. The number of aromatic nitrogens is 1. The molecule has 0 fully saturated rings. The first-order valence-electron chi connectivity index (χ1n) is 10.8.